The van der Waals surface area contributed by atoms with E-state index >= 15 is 0 Å². The Hall–Kier alpha value is -2.04. The zero-order valence-corrected chi connectivity index (χ0v) is 11.2. The molecule has 0 aromatic heterocycles. The maximum Gasteiger partial charge on any atom is 0.326 e. The second-order valence-corrected chi connectivity index (χ2v) is 4.28. The number of carboxylic acid groups (broad SMARTS) is 1. The van der Waals surface area contributed by atoms with Crippen molar-refractivity contribution in [1.82, 2.24) is 5.32 Å². The van der Waals surface area contributed by atoms with Gasteiger partial charge in [-0.05, 0) is 24.1 Å². The van der Waals surface area contributed by atoms with E-state index in [2.05, 4.69) is 5.32 Å². The van der Waals surface area contributed by atoms with E-state index < -0.39 is 12.0 Å². The smallest absolute Gasteiger partial charge is 0.326 e. The molecule has 0 saturated heterocycles. The Labute approximate surface area is 112 Å². The largest absolute Gasteiger partial charge is 0.497 e. The van der Waals surface area contributed by atoms with Gasteiger partial charge in [-0.2, -0.15) is 0 Å². The summed E-state index contributed by atoms with van der Waals surface area (Å²) in [7, 11) is 1.56. The molecule has 19 heavy (non-hydrogen) atoms. The van der Waals surface area contributed by atoms with Crippen molar-refractivity contribution in [1.29, 1.82) is 0 Å². The van der Waals surface area contributed by atoms with Gasteiger partial charge in [-0.1, -0.05) is 25.5 Å². The molecule has 1 aromatic carbocycles. The van der Waals surface area contributed by atoms with Crippen LogP contribution in [0.1, 0.15) is 25.3 Å². The molecule has 0 bridgehead atoms. The monoisotopic (exact) mass is 265 g/mol. The SMILES string of the molecule is CCC[C@@H](NC(=O)Cc1cccc(OC)c1)C(=O)O. The maximum atomic E-state index is 11.8. The molecule has 0 aliphatic heterocycles. The molecule has 5 nitrogen and oxygen atoms in total. The molecule has 0 heterocycles. The normalized spacial score (nSPS) is 11.7. The number of nitrogens with one attached hydrogen (secondary N) is 1. The van der Waals surface area contributed by atoms with Crippen molar-refractivity contribution in [3.8, 4) is 5.75 Å². The Morgan fingerprint density at radius 1 is 1.42 bits per heavy atom. The number of hydrogen-bond donors (Lipinski definition) is 2. The highest BCUT2D eigenvalue weighted by Gasteiger charge is 2.18. The van der Waals surface area contributed by atoms with E-state index in [4.69, 9.17) is 9.84 Å². The van der Waals surface area contributed by atoms with Crippen LogP contribution in [0.3, 0.4) is 0 Å². The van der Waals surface area contributed by atoms with Crippen molar-refractivity contribution < 1.29 is 19.4 Å². The minimum Gasteiger partial charge on any atom is -0.497 e. The third-order valence-electron chi connectivity index (χ3n) is 2.71. The molecule has 1 amide bonds. The number of rotatable bonds is 7. The first-order valence-electron chi connectivity index (χ1n) is 6.22. The van der Waals surface area contributed by atoms with E-state index in [1.54, 1.807) is 31.4 Å². The lowest BCUT2D eigenvalue weighted by molar-refractivity contribution is -0.141. The zero-order chi connectivity index (χ0) is 14.3. The van der Waals surface area contributed by atoms with Crippen LogP contribution >= 0.6 is 0 Å². The van der Waals surface area contributed by atoms with E-state index in [1.807, 2.05) is 6.92 Å². The van der Waals surface area contributed by atoms with Crippen LogP contribution in [0.5, 0.6) is 5.75 Å². The van der Waals surface area contributed by atoms with E-state index in [-0.39, 0.29) is 12.3 Å². The van der Waals surface area contributed by atoms with E-state index in [0.717, 1.165) is 5.56 Å². The summed E-state index contributed by atoms with van der Waals surface area (Å²) in [5.74, 6) is -0.622. The first-order chi connectivity index (χ1) is 9.06. The molecule has 1 rings (SSSR count). The molecule has 104 valence electrons. The Morgan fingerprint density at radius 3 is 2.74 bits per heavy atom. The second-order valence-electron chi connectivity index (χ2n) is 4.28. The average molecular weight is 265 g/mol. The quantitative estimate of drug-likeness (QED) is 0.785. The molecular formula is C14H19NO4. The van der Waals surface area contributed by atoms with Crippen molar-refractivity contribution in [2.24, 2.45) is 0 Å². The molecule has 0 radical (unpaired) electrons. The van der Waals surface area contributed by atoms with Gasteiger partial charge in [0.05, 0.1) is 13.5 Å². The lowest BCUT2D eigenvalue weighted by atomic mass is 10.1. The highest BCUT2D eigenvalue weighted by molar-refractivity contribution is 5.84. The molecule has 0 spiro atoms. The number of hydrogen-bond acceptors (Lipinski definition) is 3. The summed E-state index contributed by atoms with van der Waals surface area (Å²) in [6.07, 6.45) is 1.28. The number of carbonyl (C=O) groups excluding carboxylic acids is 1. The minimum atomic E-state index is -0.999. The van der Waals surface area contributed by atoms with Crippen LogP contribution in [0, 0.1) is 0 Å². The van der Waals surface area contributed by atoms with Gasteiger partial charge in [0.15, 0.2) is 0 Å². The van der Waals surface area contributed by atoms with Crippen LogP contribution in [0.2, 0.25) is 0 Å². The van der Waals surface area contributed by atoms with Crippen molar-refractivity contribution in [3.63, 3.8) is 0 Å². The number of aliphatic carboxylic acids is 1. The highest BCUT2D eigenvalue weighted by atomic mass is 16.5. The van der Waals surface area contributed by atoms with Crippen LogP contribution in [-0.2, 0) is 16.0 Å². The van der Waals surface area contributed by atoms with Crippen LogP contribution in [0.4, 0.5) is 0 Å². The molecule has 0 aliphatic carbocycles. The summed E-state index contributed by atoms with van der Waals surface area (Å²) < 4.78 is 5.07. The number of carboxylic acids is 1. The number of ether oxygens (including phenoxy) is 1. The van der Waals surface area contributed by atoms with Gasteiger partial charge in [0.1, 0.15) is 11.8 Å². The van der Waals surface area contributed by atoms with Gasteiger partial charge in [-0.15, -0.1) is 0 Å². The fourth-order valence-electron chi connectivity index (χ4n) is 1.76. The van der Waals surface area contributed by atoms with Crippen LogP contribution in [0.25, 0.3) is 0 Å². The fraction of sp³-hybridized carbons (Fsp3) is 0.429. The first kappa shape index (κ1) is 15.0. The van der Waals surface area contributed by atoms with Crippen LogP contribution in [-0.4, -0.2) is 30.1 Å². The van der Waals surface area contributed by atoms with Crippen LogP contribution < -0.4 is 10.1 Å². The molecule has 1 aromatic rings. The Balaban J connectivity index is 2.60. The third kappa shape index (κ3) is 4.99. The summed E-state index contributed by atoms with van der Waals surface area (Å²) in [6, 6.07) is 6.33. The minimum absolute atomic E-state index is 0.144. The highest BCUT2D eigenvalue weighted by Crippen LogP contribution is 2.13. The zero-order valence-electron chi connectivity index (χ0n) is 11.2. The Morgan fingerprint density at radius 2 is 2.16 bits per heavy atom. The molecule has 0 fully saturated rings. The molecule has 2 N–H and O–H groups in total. The standard InChI is InChI=1S/C14H19NO4/c1-3-5-12(14(17)18)15-13(16)9-10-6-4-7-11(8-10)19-2/h4,6-8,12H,3,5,9H2,1-2H3,(H,15,16)(H,17,18)/t12-/m1/s1. The summed E-state index contributed by atoms with van der Waals surface area (Å²) >= 11 is 0. The Kier molecular flexibility index (Phi) is 5.85. The predicted octanol–water partition coefficient (Wildman–Crippen LogP) is 1.61. The van der Waals surface area contributed by atoms with Crippen LogP contribution in [0.15, 0.2) is 24.3 Å². The topological polar surface area (TPSA) is 75.6 Å². The van der Waals surface area contributed by atoms with Gasteiger partial charge in [0, 0.05) is 0 Å². The number of carbonyl (C=O) groups is 2. The van der Waals surface area contributed by atoms with Gasteiger partial charge in [-0.3, -0.25) is 4.79 Å². The summed E-state index contributed by atoms with van der Waals surface area (Å²) in [5.41, 5.74) is 0.789. The van der Waals surface area contributed by atoms with Crippen molar-refractivity contribution in [2.75, 3.05) is 7.11 Å². The lowest BCUT2D eigenvalue weighted by Crippen LogP contribution is -2.41. The lowest BCUT2D eigenvalue weighted by Gasteiger charge is -2.13. The Bertz CT molecular complexity index is 445. The van der Waals surface area contributed by atoms with E-state index in [0.29, 0.717) is 18.6 Å². The maximum absolute atomic E-state index is 11.8. The van der Waals surface area contributed by atoms with Gasteiger partial charge in [-0.25, -0.2) is 4.79 Å². The molecular weight excluding hydrogens is 246 g/mol. The molecule has 1 atom stereocenters. The predicted molar refractivity (Wildman–Crippen MR) is 71.2 cm³/mol. The second kappa shape index (κ2) is 7.41. The first-order valence-corrected chi connectivity index (χ1v) is 6.22. The van der Waals surface area contributed by atoms with Gasteiger partial charge >= 0.3 is 5.97 Å². The van der Waals surface area contributed by atoms with Crippen molar-refractivity contribution in [3.05, 3.63) is 29.8 Å². The number of amides is 1. The molecule has 5 heteroatoms. The molecule has 0 aliphatic rings. The third-order valence-corrected chi connectivity index (χ3v) is 2.71. The number of benzene rings is 1. The summed E-state index contributed by atoms with van der Waals surface area (Å²) in [6.45, 7) is 1.88. The average Bonchev–Trinajstić information content (AvgIpc) is 2.38. The van der Waals surface area contributed by atoms with Crippen molar-refractivity contribution >= 4 is 11.9 Å². The molecule has 0 saturated carbocycles. The van der Waals surface area contributed by atoms with E-state index in [9.17, 15) is 9.59 Å². The summed E-state index contributed by atoms with van der Waals surface area (Å²) in [4.78, 5) is 22.7. The van der Waals surface area contributed by atoms with Gasteiger partial charge < -0.3 is 15.2 Å². The van der Waals surface area contributed by atoms with Crippen molar-refractivity contribution in [2.45, 2.75) is 32.2 Å². The van der Waals surface area contributed by atoms with E-state index in [1.165, 1.54) is 0 Å². The number of methoxy groups -OCH3 is 1. The summed E-state index contributed by atoms with van der Waals surface area (Å²) in [5, 5.41) is 11.5. The molecule has 0 unspecified atom stereocenters. The van der Waals surface area contributed by atoms with Gasteiger partial charge in [0.25, 0.3) is 0 Å². The fourth-order valence-corrected chi connectivity index (χ4v) is 1.76. The van der Waals surface area contributed by atoms with Gasteiger partial charge in [0.2, 0.25) is 5.91 Å².